The van der Waals surface area contributed by atoms with Crippen LogP contribution in [0.15, 0.2) is 20.0 Å². The molecule has 0 saturated carbocycles. The minimum atomic E-state index is -3.53. The molecule has 116 valence electrons. The first-order valence-corrected chi connectivity index (χ1v) is 9.58. The van der Waals surface area contributed by atoms with Crippen molar-refractivity contribution in [3.8, 4) is 0 Å². The summed E-state index contributed by atoms with van der Waals surface area (Å²) in [6.07, 6.45) is 3.61. The van der Waals surface area contributed by atoms with Crippen LogP contribution >= 0.6 is 27.5 Å². The standard InChI is InChI=1S/C13H21BrClNO3S/c1-3-5-7-16(8-6-4-2)20(17,18)12-9-11(10-15)19-13(12)14/h9H,3-8,10H2,1-2H3. The molecule has 0 saturated heterocycles. The van der Waals surface area contributed by atoms with Crippen LogP contribution in [0.25, 0.3) is 0 Å². The van der Waals surface area contributed by atoms with Gasteiger partial charge >= 0.3 is 0 Å². The summed E-state index contributed by atoms with van der Waals surface area (Å²) in [5.74, 6) is 0.598. The molecule has 0 spiro atoms. The van der Waals surface area contributed by atoms with E-state index in [2.05, 4.69) is 15.9 Å². The van der Waals surface area contributed by atoms with Gasteiger partial charge in [-0.1, -0.05) is 26.7 Å². The van der Waals surface area contributed by atoms with Crippen molar-refractivity contribution >= 4 is 37.6 Å². The van der Waals surface area contributed by atoms with Crippen molar-refractivity contribution in [1.82, 2.24) is 4.31 Å². The van der Waals surface area contributed by atoms with E-state index in [1.54, 1.807) is 0 Å². The molecule has 4 nitrogen and oxygen atoms in total. The normalized spacial score (nSPS) is 12.2. The van der Waals surface area contributed by atoms with Crippen LogP contribution < -0.4 is 0 Å². The van der Waals surface area contributed by atoms with Crippen molar-refractivity contribution in [1.29, 1.82) is 0 Å². The summed E-state index contributed by atoms with van der Waals surface area (Å²) in [5, 5.41) is 0. The van der Waals surface area contributed by atoms with Gasteiger partial charge in [0.1, 0.15) is 10.7 Å². The number of nitrogens with zero attached hydrogens (tertiary/aromatic N) is 1. The summed E-state index contributed by atoms with van der Waals surface area (Å²) in [5.41, 5.74) is 0. The highest BCUT2D eigenvalue weighted by molar-refractivity contribution is 9.10. The molecule has 0 atom stereocenters. The molecule has 1 rings (SSSR count). The zero-order chi connectivity index (χ0) is 15.2. The zero-order valence-corrected chi connectivity index (χ0v) is 15.0. The Hall–Kier alpha value is -0.0400. The molecule has 0 amide bonds. The van der Waals surface area contributed by atoms with E-state index in [1.165, 1.54) is 10.4 Å². The summed E-state index contributed by atoms with van der Waals surface area (Å²) in [4.78, 5) is 0.167. The molecule has 1 aromatic heterocycles. The molecule has 1 aromatic rings. The Balaban J connectivity index is 3.03. The Labute approximate surface area is 134 Å². The monoisotopic (exact) mass is 385 g/mol. The molecule has 0 aliphatic heterocycles. The Bertz CT molecular complexity index is 508. The Kier molecular flexibility index (Phi) is 7.58. The molecular weight excluding hydrogens is 366 g/mol. The highest BCUT2D eigenvalue weighted by Crippen LogP contribution is 2.29. The van der Waals surface area contributed by atoms with Gasteiger partial charge in [0.15, 0.2) is 4.67 Å². The van der Waals surface area contributed by atoms with Gasteiger partial charge in [0.25, 0.3) is 0 Å². The molecule has 20 heavy (non-hydrogen) atoms. The second-order valence-corrected chi connectivity index (χ2v) is 7.49. The van der Waals surface area contributed by atoms with Crippen LogP contribution in [0.3, 0.4) is 0 Å². The molecule has 0 aliphatic carbocycles. The van der Waals surface area contributed by atoms with Gasteiger partial charge in [-0.05, 0) is 28.8 Å². The maximum absolute atomic E-state index is 12.7. The van der Waals surface area contributed by atoms with Crippen LogP contribution in [0.4, 0.5) is 0 Å². The van der Waals surface area contributed by atoms with Crippen molar-refractivity contribution in [2.45, 2.75) is 50.3 Å². The van der Waals surface area contributed by atoms with Gasteiger partial charge in [0, 0.05) is 19.2 Å². The molecule has 7 heteroatoms. The Morgan fingerprint density at radius 3 is 2.20 bits per heavy atom. The second kappa shape index (κ2) is 8.41. The summed E-state index contributed by atoms with van der Waals surface area (Å²) >= 11 is 8.85. The van der Waals surface area contributed by atoms with E-state index < -0.39 is 10.0 Å². The lowest BCUT2D eigenvalue weighted by Gasteiger charge is -2.21. The maximum Gasteiger partial charge on any atom is 0.247 e. The van der Waals surface area contributed by atoms with Gasteiger partial charge in [-0.2, -0.15) is 4.31 Å². The number of sulfonamides is 1. The van der Waals surface area contributed by atoms with Crippen molar-refractivity contribution in [3.63, 3.8) is 0 Å². The summed E-state index contributed by atoms with van der Waals surface area (Å²) in [7, 11) is -3.53. The van der Waals surface area contributed by atoms with Crippen LogP contribution in [-0.2, 0) is 15.9 Å². The number of rotatable bonds is 9. The molecule has 0 fully saturated rings. The third-order valence-corrected chi connectivity index (χ3v) is 6.00. The van der Waals surface area contributed by atoms with Crippen molar-refractivity contribution in [3.05, 3.63) is 16.5 Å². The molecule has 0 aromatic carbocycles. The maximum atomic E-state index is 12.7. The fourth-order valence-electron chi connectivity index (χ4n) is 1.80. The molecule has 0 radical (unpaired) electrons. The van der Waals surface area contributed by atoms with Gasteiger partial charge in [0.2, 0.25) is 10.0 Å². The fourth-order valence-corrected chi connectivity index (χ4v) is 4.41. The molecule has 0 bridgehead atoms. The number of hydrogen-bond acceptors (Lipinski definition) is 3. The molecular formula is C13H21BrClNO3S. The summed E-state index contributed by atoms with van der Waals surface area (Å²) in [6.45, 7) is 5.16. The number of alkyl halides is 1. The number of hydrogen-bond donors (Lipinski definition) is 0. The lowest BCUT2D eigenvalue weighted by atomic mass is 10.3. The van der Waals surface area contributed by atoms with Gasteiger partial charge in [-0.25, -0.2) is 8.42 Å². The van der Waals surface area contributed by atoms with Crippen molar-refractivity contribution in [2.75, 3.05) is 13.1 Å². The topological polar surface area (TPSA) is 50.5 Å². The van der Waals surface area contributed by atoms with Crippen molar-refractivity contribution < 1.29 is 12.8 Å². The second-order valence-electron chi connectivity index (χ2n) is 4.60. The van der Waals surface area contributed by atoms with E-state index in [-0.39, 0.29) is 15.4 Å². The van der Waals surface area contributed by atoms with E-state index in [1.807, 2.05) is 13.8 Å². The average molecular weight is 387 g/mol. The number of furan rings is 1. The van der Waals surface area contributed by atoms with E-state index in [4.69, 9.17) is 16.0 Å². The number of halogens is 2. The lowest BCUT2D eigenvalue weighted by Crippen LogP contribution is -2.33. The SMILES string of the molecule is CCCCN(CCCC)S(=O)(=O)c1cc(CCl)oc1Br. The first-order valence-electron chi connectivity index (χ1n) is 6.81. The van der Waals surface area contributed by atoms with Gasteiger partial charge in [-0.3, -0.25) is 0 Å². The minimum absolute atomic E-state index is 0.151. The fraction of sp³-hybridized carbons (Fsp3) is 0.692. The van der Waals surface area contributed by atoms with Crippen LogP contribution in [-0.4, -0.2) is 25.8 Å². The lowest BCUT2D eigenvalue weighted by molar-refractivity contribution is 0.393. The van der Waals surface area contributed by atoms with Crippen LogP contribution in [0.1, 0.15) is 45.3 Å². The van der Waals surface area contributed by atoms with Gasteiger partial charge in [0.05, 0.1) is 5.88 Å². The highest BCUT2D eigenvalue weighted by Gasteiger charge is 2.28. The van der Waals surface area contributed by atoms with Crippen LogP contribution in [0, 0.1) is 0 Å². The quantitative estimate of drug-likeness (QED) is 0.592. The molecule has 0 aliphatic rings. The van der Waals surface area contributed by atoms with E-state index >= 15 is 0 Å². The Morgan fingerprint density at radius 1 is 1.25 bits per heavy atom. The minimum Gasteiger partial charge on any atom is -0.452 e. The van der Waals surface area contributed by atoms with Gasteiger partial charge < -0.3 is 4.42 Å². The average Bonchev–Trinajstić information content (AvgIpc) is 2.80. The summed E-state index contributed by atoms with van der Waals surface area (Å²) < 4.78 is 32.4. The molecule has 0 unspecified atom stereocenters. The third-order valence-electron chi connectivity index (χ3n) is 2.98. The number of unbranched alkanes of at least 4 members (excludes halogenated alkanes) is 2. The van der Waals surface area contributed by atoms with E-state index in [0.29, 0.717) is 18.8 Å². The van der Waals surface area contributed by atoms with Crippen LogP contribution in [0.5, 0.6) is 0 Å². The molecule has 0 N–H and O–H groups in total. The van der Waals surface area contributed by atoms with E-state index in [0.717, 1.165) is 25.7 Å². The van der Waals surface area contributed by atoms with Gasteiger partial charge in [-0.15, -0.1) is 11.6 Å². The van der Waals surface area contributed by atoms with Crippen molar-refractivity contribution in [2.24, 2.45) is 0 Å². The zero-order valence-electron chi connectivity index (χ0n) is 11.9. The van der Waals surface area contributed by atoms with E-state index in [9.17, 15) is 8.42 Å². The smallest absolute Gasteiger partial charge is 0.247 e. The summed E-state index contributed by atoms with van der Waals surface area (Å²) in [6, 6.07) is 1.50. The predicted molar refractivity (Wildman–Crippen MR) is 84.5 cm³/mol. The first-order chi connectivity index (χ1) is 9.47. The van der Waals surface area contributed by atoms with Crippen LogP contribution in [0.2, 0.25) is 0 Å². The molecule has 1 heterocycles. The Morgan fingerprint density at radius 2 is 1.80 bits per heavy atom. The highest BCUT2D eigenvalue weighted by atomic mass is 79.9. The first kappa shape index (κ1) is 18.0. The third kappa shape index (κ3) is 4.48. The predicted octanol–water partition coefficient (Wildman–Crippen LogP) is 4.37. The largest absolute Gasteiger partial charge is 0.452 e.